The Balaban J connectivity index is 2.46. The molecule has 0 aliphatic carbocycles. The zero-order valence-corrected chi connectivity index (χ0v) is 12.9. The summed E-state index contributed by atoms with van der Waals surface area (Å²) in [7, 11) is 0. The number of aromatic nitrogens is 1. The standard InChI is InChI=1S/C15H10ClF3N2O3/c1-7-5-6-8(12(20-7)14(23)24)13(22)21-10-4-2-3-9(16)11(10)15(17,18)19/h2-6H,1H3,(H,21,22)(H,23,24). The molecule has 0 spiro atoms. The molecule has 0 unspecified atom stereocenters. The molecule has 0 radical (unpaired) electrons. The molecular formula is C15H10ClF3N2O3. The van der Waals surface area contributed by atoms with Crippen LogP contribution in [-0.4, -0.2) is 22.0 Å². The minimum absolute atomic E-state index is 0.350. The van der Waals surface area contributed by atoms with E-state index in [0.717, 1.165) is 12.1 Å². The van der Waals surface area contributed by atoms with Gasteiger partial charge in [-0.3, -0.25) is 4.79 Å². The Labute approximate surface area is 139 Å². The van der Waals surface area contributed by atoms with Crippen LogP contribution in [0.3, 0.4) is 0 Å². The summed E-state index contributed by atoms with van der Waals surface area (Å²) in [4.78, 5) is 27.1. The van der Waals surface area contributed by atoms with Crippen LogP contribution in [0.15, 0.2) is 30.3 Å². The van der Waals surface area contributed by atoms with Gasteiger partial charge in [0.25, 0.3) is 5.91 Å². The van der Waals surface area contributed by atoms with Gasteiger partial charge in [-0.1, -0.05) is 17.7 Å². The Morgan fingerprint density at radius 1 is 1.21 bits per heavy atom. The van der Waals surface area contributed by atoms with Crippen molar-refractivity contribution in [3.63, 3.8) is 0 Å². The number of halogens is 4. The van der Waals surface area contributed by atoms with E-state index in [2.05, 4.69) is 4.98 Å². The fourth-order valence-electron chi connectivity index (χ4n) is 2.01. The summed E-state index contributed by atoms with van der Waals surface area (Å²) in [5, 5.41) is 10.5. The number of carbonyl (C=O) groups is 2. The van der Waals surface area contributed by atoms with Gasteiger partial charge in [0.1, 0.15) is 0 Å². The van der Waals surface area contributed by atoms with Gasteiger partial charge in [0.05, 0.1) is 21.8 Å². The van der Waals surface area contributed by atoms with E-state index >= 15 is 0 Å². The van der Waals surface area contributed by atoms with Crippen molar-refractivity contribution in [2.24, 2.45) is 0 Å². The van der Waals surface area contributed by atoms with E-state index in [1.54, 1.807) is 0 Å². The van der Waals surface area contributed by atoms with Crippen molar-refractivity contribution in [1.29, 1.82) is 0 Å². The van der Waals surface area contributed by atoms with Gasteiger partial charge in [0, 0.05) is 5.69 Å². The largest absolute Gasteiger partial charge is 0.476 e. The minimum atomic E-state index is -4.79. The van der Waals surface area contributed by atoms with Crippen molar-refractivity contribution >= 4 is 29.2 Å². The highest BCUT2D eigenvalue weighted by atomic mass is 35.5. The molecule has 0 saturated heterocycles. The monoisotopic (exact) mass is 358 g/mol. The third-order valence-electron chi connectivity index (χ3n) is 3.03. The lowest BCUT2D eigenvalue weighted by molar-refractivity contribution is -0.136. The maximum atomic E-state index is 13.1. The Kier molecular flexibility index (Phi) is 4.79. The first-order chi connectivity index (χ1) is 11.1. The summed E-state index contributed by atoms with van der Waals surface area (Å²) in [5.41, 5.74) is -2.35. The van der Waals surface area contributed by atoms with Crippen molar-refractivity contribution in [3.8, 4) is 0 Å². The number of hydrogen-bond donors (Lipinski definition) is 2. The van der Waals surface area contributed by atoms with Gasteiger partial charge in [-0.15, -0.1) is 0 Å². The second kappa shape index (κ2) is 6.48. The minimum Gasteiger partial charge on any atom is -0.476 e. The third kappa shape index (κ3) is 3.65. The van der Waals surface area contributed by atoms with Gasteiger partial charge in [-0.2, -0.15) is 13.2 Å². The van der Waals surface area contributed by atoms with Crippen LogP contribution in [0.25, 0.3) is 0 Å². The topological polar surface area (TPSA) is 79.3 Å². The molecule has 0 bridgehead atoms. The molecule has 0 fully saturated rings. The molecule has 0 aliphatic rings. The Bertz CT molecular complexity index is 822. The van der Waals surface area contributed by atoms with Crippen molar-refractivity contribution in [1.82, 2.24) is 4.98 Å². The first kappa shape index (κ1) is 17.7. The fraction of sp³-hybridized carbons (Fsp3) is 0.133. The van der Waals surface area contributed by atoms with E-state index in [1.807, 2.05) is 5.32 Å². The first-order valence-electron chi connectivity index (χ1n) is 6.49. The van der Waals surface area contributed by atoms with Gasteiger partial charge >= 0.3 is 12.1 Å². The zero-order chi connectivity index (χ0) is 18.1. The normalized spacial score (nSPS) is 11.2. The highest BCUT2D eigenvalue weighted by Crippen LogP contribution is 2.39. The Hall–Kier alpha value is -2.61. The molecule has 1 aromatic heterocycles. The second-order valence-electron chi connectivity index (χ2n) is 4.77. The molecule has 2 N–H and O–H groups in total. The number of nitrogens with zero attached hydrogens (tertiary/aromatic N) is 1. The molecule has 5 nitrogen and oxygen atoms in total. The number of benzene rings is 1. The van der Waals surface area contributed by atoms with Crippen LogP contribution < -0.4 is 5.32 Å². The van der Waals surface area contributed by atoms with E-state index in [4.69, 9.17) is 16.7 Å². The number of carboxylic acid groups (broad SMARTS) is 1. The lowest BCUT2D eigenvalue weighted by Gasteiger charge is -2.15. The van der Waals surface area contributed by atoms with Crippen LogP contribution in [0, 0.1) is 6.92 Å². The molecule has 2 rings (SSSR count). The molecule has 0 saturated carbocycles. The van der Waals surface area contributed by atoms with Gasteiger partial charge in [-0.25, -0.2) is 9.78 Å². The van der Waals surface area contributed by atoms with Crippen molar-refractivity contribution in [2.45, 2.75) is 13.1 Å². The highest BCUT2D eigenvalue weighted by molar-refractivity contribution is 6.32. The molecule has 1 heterocycles. The van der Waals surface area contributed by atoms with E-state index in [1.165, 1.54) is 25.1 Å². The van der Waals surface area contributed by atoms with E-state index in [9.17, 15) is 22.8 Å². The summed E-state index contributed by atoms with van der Waals surface area (Å²) in [6.07, 6.45) is -4.79. The smallest absolute Gasteiger partial charge is 0.419 e. The van der Waals surface area contributed by atoms with Gasteiger partial charge in [0.2, 0.25) is 0 Å². The Morgan fingerprint density at radius 3 is 2.46 bits per heavy atom. The van der Waals surface area contributed by atoms with Crippen LogP contribution in [0.5, 0.6) is 0 Å². The predicted molar refractivity (Wildman–Crippen MR) is 80.3 cm³/mol. The van der Waals surface area contributed by atoms with Crippen LogP contribution in [0.1, 0.15) is 32.1 Å². The molecule has 1 amide bonds. The lowest BCUT2D eigenvalue weighted by Crippen LogP contribution is -2.20. The average molecular weight is 359 g/mol. The number of aromatic carboxylic acids is 1. The first-order valence-corrected chi connectivity index (χ1v) is 6.87. The second-order valence-corrected chi connectivity index (χ2v) is 5.18. The number of amides is 1. The fourth-order valence-corrected chi connectivity index (χ4v) is 2.29. The zero-order valence-electron chi connectivity index (χ0n) is 12.1. The lowest BCUT2D eigenvalue weighted by atomic mass is 10.1. The summed E-state index contributed by atoms with van der Waals surface area (Å²) in [6.45, 7) is 1.52. The van der Waals surface area contributed by atoms with Gasteiger partial charge < -0.3 is 10.4 Å². The third-order valence-corrected chi connectivity index (χ3v) is 3.34. The average Bonchev–Trinajstić information content (AvgIpc) is 2.45. The number of anilines is 1. The molecule has 126 valence electrons. The maximum absolute atomic E-state index is 13.1. The highest BCUT2D eigenvalue weighted by Gasteiger charge is 2.36. The quantitative estimate of drug-likeness (QED) is 0.868. The SMILES string of the molecule is Cc1ccc(C(=O)Nc2cccc(Cl)c2C(F)(F)F)c(C(=O)O)n1. The maximum Gasteiger partial charge on any atom is 0.419 e. The molecule has 2 aromatic rings. The van der Waals surface area contributed by atoms with Crippen molar-refractivity contribution < 1.29 is 27.9 Å². The molecule has 1 aromatic carbocycles. The van der Waals surface area contributed by atoms with Crippen molar-refractivity contribution in [2.75, 3.05) is 5.32 Å². The van der Waals surface area contributed by atoms with Crippen LogP contribution in [0.2, 0.25) is 5.02 Å². The van der Waals surface area contributed by atoms with Gasteiger partial charge in [-0.05, 0) is 31.2 Å². The summed E-state index contributed by atoms with van der Waals surface area (Å²) >= 11 is 5.57. The van der Waals surface area contributed by atoms with Gasteiger partial charge in [0.15, 0.2) is 5.69 Å². The number of nitrogens with one attached hydrogen (secondary N) is 1. The summed E-state index contributed by atoms with van der Waals surface area (Å²) < 4.78 is 39.2. The van der Waals surface area contributed by atoms with E-state index in [-0.39, 0.29) is 5.56 Å². The summed E-state index contributed by atoms with van der Waals surface area (Å²) in [6, 6.07) is 5.85. The van der Waals surface area contributed by atoms with Crippen LogP contribution in [-0.2, 0) is 6.18 Å². The van der Waals surface area contributed by atoms with E-state index < -0.39 is 40.0 Å². The number of aryl methyl sites for hydroxylation is 1. The van der Waals surface area contributed by atoms with E-state index in [0.29, 0.717) is 5.69 Å². The number of carboxylic acids is 1. The molecule has 9 heteroatoms. The number of rotatable bonds is 3. The summed E-state index contributed by atoms with van der Waals surface area (Å²) in [5.74, 6) is -2.50. The molecule has 0 aliphatic heterocycles. The van der Waals surface area contributed by atoms with Crippen molar-refractivity contribution in [3.05, 3.63) is 57.9 Å². The number of pyridine rings is 1. The Morgan fingerprint density at radius 2 is 1.88 bits per heavy atom. The van der Waals surface area contributed by atoms with Crippen LogP contribution >= 0.6 is 11.6 Å². The number of alkyl halides is 3. The van der Waals surface area contributed by atoms with Crippen LogP contribution in [0.4, 0.5) is 18.9 Å². The molecular weight excluding hydrogens is 349 g/mol. The number of carbonyl (C=O) groups excluding carboxylic acids is 1. The molecule has 24 heavy (non-hydrogen) atoms. The molecule has 0 atom stereocenters. The number of hydrogen-bond acceptors (Lipinski definition) is 3. The predicted octanol–water partition coefficient (Wildman–Crippen LogP) is 4.01.